The number of carbonyl (C=O) groups excluding carboxylic acids is 2. The molecule has 0 atom stereocenters. The van der Waals surface area contributed by atoms with Crippen molar-refractivity contribution in [3.8, 4) is 0 Å². The number of para-hydroxylation sites is 1. The van der Waals surface area contributed by atoms with Gasteiger partial charge in [0.1, 0.15) is 11.3 Å². The quantitative estimate of drug-likeness (QED) is 0.730. The molecule has 0 spiro atoms. The minimum absolute atomic E-state index is 0.155. The topological polar surface area (TPSA) is 62.6 Å². The lowest BCUT2D eigenvalue weighted by Crippen LogP contribution is -2.38. The van der Waals surface area contributed by atoms with Crippen LogP contribution in [-0.4, -0.2) is 29.8 Å². The van der Waals surface area contributed by atoms with Crippen LogP contribution in [0.4, 0.5) is 5.69 Å². The smallest absolute Gasteiger partial charge is 0.291 e. The average Bonchev–Trinajstić information content (AvgIpc) is 3.07. The molecule has 1 N–H and O–H groups in total. The maximum absolute atomic E-state index is 13.1. The van der Waals surface area contributed by atoms with E-state index in [0.717, 1.165) is 23.8 Å². The van der Waals surface area contributed by atoms with E-state index in [0.29, 0.717) is 30.3 Å². The van der Waals surface area contributed by atoms with Gasteiger partial charge in [-0.15, -0.1) is 0 Å². The predicted molar refractivity (Wildman–Crippen MR) is 109 cm³/mol. The lowest BCUT2D eigenvalue weighted by molar-refractivity contribution is -0.115. The Morgan fingerprint density at radius 3 is 2.46 bits per heavy atom. The van der Waals surface area contributed by atoms with Crippen molar-refractivity contribution in [3.63, 3.8) is 0 Å². The third-order valence-corrected chi connectivity index (χ3v) is 5.33. The van der Waals surface area contributed by atoms with Crippen LogP contribution >= 0.6 is 0 Å². The fourth-order valence-corrected chi connectivity index (χ4v) is 3.64. The van der Waals surface area contributed by atoms with Gasteiger partial charge in [-0.1, -0.05) is 49.4 Å². The molecule has 5 nitrogen and oxygen atoms in total. The summed E-state index contributed by atoms with van der Waals surface area (Å²) in [5.74, 6) is 0.527. The fraction of sp³-hybridized carbons (Fsp3) is 0.304. The zero-order chi connectivity index (χ0) is 19.5. The Labute approximate surface area is 164 Å². The van der Waals surface area contributed by atoms with Gasteiger partial charge < -0.3 is 14.6 Å². The number of furan rings is 1. The Kier molecular flexibility index (Phi) is 5.15. The van der Waals surface area contributed by atoms with E-state index < -0.39 is 0 Å². The molecular formula is C23H24N2O3. The number of benzene rings is 2. The number of amides is 2. The van der Waals surface area contributed by atoms with E-state index in [9.17, 15) is 9.59 Å². The SMILES string of the molecule is CC1CCN(C(=O)c2oc3ccccc3c2NC(=O)Cc2ccccc2)CC1. The van der Waals surface area contributed by atoms with Gasteiger partial charge in [0.2, 0.25) is 11.7 Å². The van der Waals surface area contributed by atoms with Gasteiger partial charge in [0.15, 0.2) is 0 Å². The van der Waals surface area contributed by atoms with Gasteiger partial charge in [-0.3, -0.25) is 9.59 Å². The maximum Gasteiger partial charge on any atom is 0.291 e. The molecule has 4 rings (SSSR count). The molecule has 1 fully saturated rings. The van der Waals surface area contributed by atoms with Crippen molar-refractivity contribution in [1.29, 1.82) is 0 Å². The van der Waals surface area contributed by atoms with Crippen LogP contribution in [0.5, 0.6) is 0 Å². The van der Waals surface area contributed by atoms with Crippen LogP contribution in [0.2, 0.25) is 0 Å². The summed E-state index contributed by atoms with van der Waals surface area (Å²) in [6.07, 6.45) is 2.22. The molecule has 0 saturated carbocycles. The number of nitrogens with one attached hydrogen (secondary N) is 1. The first kappa shape index (κ1) is 18.3. The van der Waals surface area contributed by atoms with Crippen molar-refractivity contribution in [2.45, 2.75) is 26.2 Å². The Balaban J connectivity index is 1.62. The molecule has 5 heteroatoms. The molecule has 144 valence electrons. The number of fused-ring (bicyclic) bond motifs is 1. The largest absolute Gasteiger partial charge is 0.449 e. The second kappa shape index (κ2) is 7.89. The highest BCUT2D eigenvalue weighted by molar-refractivity contribution is 6.11. The van der Waals surface area contributed by atoms with E-state index in [2.05, 4.69) is 12.2 Å². The highest BCUT2D eigenvalue weighted by Gasteiger charge is 2.28. The molecule has 1 aromatic heterocycles. The number of hydrogen-bond donors (Lipinski definition) is 1. The summed E-state index contributed by atoms with van der Waals surface area (Å²) in [7, 11) is 0. The first-order chi connectivity index (χ1) is 13.6. The molecule has 1 aliphatic rings. The van der Waals surface area contributed by atoms with E-state index in [4.69, 9.17) is 4.42 Å². The molecule has 3 aromatic rings. The van der Waals surface area contributed by atoms with E-state index >= 15 is 0 Å². The maximum atomic E-state index is 13.1. The third-order valence-electron chi connectivity index (χ3n) is 5.33. The number of anilines is 1. The monoisotopic (exact) mass is 376 g/mol. The Morgan fingerprint density at radius 2 is 1.71 bits per heavy atom. The first-order valence-electron chi connectivity index (χ1n) is 9.76. The summed E-state index contributed by atoms with van der Waals surface area (Å²) in [5.41, 5.74) is 2.00. The summed E-state index contributed by atoms with van der Waals surface area (Å²) in [4.78, 5) is 27.6. The molecule has 2 aromatic carbocycles. The first-order valence-corrected chi connectivity index (χ1v) is 9.76. The van der Waals surface area contributed by atoms with Crippen molar-refractivity contribution in [1.82, 2.24) is 4.90 Å². The number of hydrogen-bond acceptors (Lipinski definition) is 3. The van der Waals surface area contributed by atoms with Crippen LogP contribution in [-0.2, 0) is 11.2 Å². The van der Waals surface area contributed by atoms with Gasteiger partial charge in [0, 0.05) is 18.5 Å². The van der Waals surface area contributed by atoms with Crippen LogP contribution in [0.15, 0.2) is 59.0 Å². The van der Waals surface area contributed by atoms with Crippen molar-refractivity contribution in [2.75, 3.05) is 18.4 Å². The number of nitrogens with zero attached hydrogens (tertiary/aromatic N) is 1. The van der Waals surface area contributed by atoms with Crippen LogP contribution in [0.1, 0.15) is 35.9 Å². The van der Waals surface area contributed by atoms with Crippen molar-refractivity contribution in [3.05, 3.63) is 65.9 Å². The highest BCUT2D eigenvalue weighted by Crippen LogP contribution is 2.32. The van der Waals surface area contributed by atoms with Crippen LogP contribution < -0.4 is 5.32 Å². The fourth-order valence-electron chi connectivity index (χ4n) is 3.64. The van der Waals surface area contributed by atoms with Gasteiger partial charge >= 0.3 is 0 Å². The Morgan fingerprint density at radius 1 is 1.04 bits per heavy atom. The summed E-state index contributed by atoms with van der Waals surface area (Å²) >= 11 is 0. The van der Waals surface area contributed by atoms with Crippen molar-refractivity contribution in [2.24, 2.45) is 5.92 Å². The van der Waals surface area contributed by atoms with E-state index in [1.807, 2.05) is 59.5 Å². The average molecular weight is 376 g/mol. The lowest BCUT2D eigenvalue weighted by atomic mass is 9.99. The Bertz CT molecular complexity index is 986. The molecule has 0 radical (unpaired) electrons. The molecular weight excluding hydrogens is 352 g/mol. The number of piperidine rings is 1. The molecule has 1 aliphatic heterocycles. The molecule has 0 bridgehead atoms. The summed E-state index contributed by atoms with van der Waals surface area (Å²) in [5, 5.41) is 3.68. The van der Waals surface area contributed by atoms with Gasteiger partial charge in [-0.25, -0.2) is 0 Å². The second-order valence-corrected chi connectivity index (χ2v) is 7.49. The van der Waals surface area contributed by atoms with E-state index in [1.54, 1.807) is 0 Å². The zero-order valence-corrected chi connectivity index (χ0v) is 16.0. The molecule has 0 aliphatic carbocycles. The number of likely N-dealkylation sites (tertiary alicyclic amines) is 1. The predicted octanol–water partition coefficient (Wildman–Crippen LogP) is 4.49. The van der Waals surface area contributed by atoms with Crippen LogP contribution in [0, 0.1) is 5.92 Å². The highest BCUT2D eigenvalue weighted by atomic mass is 16.3. The van der Waals surface area contributed by atoms with Crippen molar-refractivity contribution < 1.29 is 14.0 Å². The molecule has 28 heavy (non-hydrogen) atoms. The standard InChI is InChI=1S/C23H24N2O3/c1-16-11-13-25(14-12-16)23(27)22-21(18-9-5-6-10-19(18)28-22)24-20(26)15-17-7-3-2-4-8-17/h2-10,16H,11-15H2,1H3,(H,24,26). The summed E-state index contributed by atoms with van der Waals surface area (Å²) in [6.45, 7) is 3.64. The zero-order valence-electron chi connectivity index (χ0n) is 16.0. The van der Waals surface area contributed by atoms with Gasteiger partial charge in [-0.05, 0) is 36.5 Å². The van der Waals surface area contributed by atoms with Crippen molar-refractivity contribution >= 4 is 28.5 Å². The third kappa shape index (κ3) is 3.79. The van der Waals surface area contributed by atoms with Gasteiger partial charge in [-0.2, -0.15) is 0 Å². The molecule has 1 saturated heterocycles. The van der Waals surface area contributed by atoms with Crippen LogP contribution in [0.25, 0.3) is 11.0 Å². The lowest BCUT2D eigenvalue weighted by Gasteiger charge is -2.29. The normalized spacial score (nSPS) is 15.0. The van der Waals surface area contributed by atoms with Gasteiger partial charge in [0.25, 0.3) is 5.91 Å². The summed E-state index contributed by atoms with van der Waals surface area (Å²) < 4.78 is 5.89. The number of rotatable bonds is 4. The van der Waals surface area contributed by atoms with Crippen LogP contribution in [0.3, 0.4) is 0 Å². The van der Waals surface area contributed by atoms with E-state index in [1.165, 1.54) is 0 Å². The second-order valence-electron chi connectivity index (χ2n) is 7.49. The molecule has 2 heterocycles. The van der Waals surface area contributed by atoms with E-state index in [-0.39, 0.29) is 24.0 Å². The number of carbonyl (C=O) groups is 2. The van der Waals surface area contributed by atoms with Gasteiger partial charge in [0.05, 0.1) is 6.42 Å². The minimum atomic E-state index is -0.168. The Hall–Kier alpha value is -3.08. The summed E-state index contributed by atoms with van der Waals surface area (Å²) in [6, 6.07) is 17.0. The molecule has 0 unspecified atom stereocenters. The molecule has 2 amide bonds. The minimum Gasteiger partial charge on any atom is -0.449 e.